The Morgan fingerprint density at radius 3 is 2.95 bits per heavy atom. The Morgan fingerprint density at radius 2 is 2.27 bits per heavy atom. The zero-order chi connectivity index (χ0) is 15.9. The number of imidazole rings is 1. The molecule has 0 aliphatic carbocycles. The zero-order valence-corrected chi connectivity index (χ0v) is 12.1. The molecule has 2 rings (SSSR count). The number of hydrogen-bond donors (Lipinski definition) is 2. The van der Waals surface area contributed by atoms with Crippen molar-refractivity contribution in [3.05, 3.63) is 35.7 Å². The van der Waals surface area contributed by atoms with Crippen molar-refractivity contribution < 1.29 is 18.1 Å². The second-order valence-corrected chi connectivity index (χ2v) is 4.63. The highest BCUT2D eigenvalue weighted by molar-refractivity contribution is 5.94. The third kappa shape index (κ3) is 4.10. The average Bonchev–Trinajstić information content (AvgIpc) is 3.11. The first-order chi connectivity index (χ1) is 10.6. The summed E-state index contributed by atoms with van der Waals surface area (Å²) in [5, 5.41) is 9.36. The van der Waals surface area contributed by atoms with Gasteiger partial charge < -0.3 is 15.2 Å². The number of rotatable bonds is 8. The summed E-state index contributed by atoms with van der Waals surface area (Å²) in [6.45, 7) is 0.366. The molecular weight excluding hydrogens is 296 g/mol. The largest absolute Gasteiger partial charge is 0.364 e. The van der Waals surface area contributed by atoms with Crippen LogP contribution in [0.3, 0.4) is 0 Å². The van der Waals surface area contributed by atoms with Gasteiger partial charge in [0.05, 0.1) is 12.2 Å². The molecule has 0 unspecified atom stereocenters. The number of aryl methyl sites for hydroxylation is 1. The Kier molecular flexibility index (Phi) is 5.59. The number of halogens is 2. The first-order valence-electron chi connectivity index (χ1n) is 6.79. The number of nitrogens with one attached hydrogen (secondary N) is 2. The first kappa shape index (κ1) is 16.1. The van der Waals surface area contributed by atoms with Gasteiger partial charge in [-0.15, -0.1) is 0 Å². The van der Waals surface area contributed by atoms with E-state index in [-0.39, 0.29) is 18.3 Å². The van der Waals surface area contributed by atoms with E-state index in [1.54, 1.807) is 6.92 Å². The highest BCUT2D eigenvalue weighted by Gasteiger charge is 2.12. The van der Waals surface area contributed by atoms with Gasteiger partial charge in [-0.1, -0.05) is 5.16 Å². The van der Waals surface area contributed by atoms with Crippen molar-refractivity contribution >= 4 is 5.91 Å². The van der Waals surface area contributed by atoms with E-state index in [0.29, 0.717) is 30.8 Å². The monoisotopic (exact) mass is 313 g/mol. The van der Waals surface area contributed by atoms with Gasteiger partial charge in [-0.2, -0.15) is 8.78 Å². The van der Waals surface area contributed by atoms with E-state index in [1.807, 2.05) is 0 Å². The fourth-order valence-electron chi connectivity index (χ4n) is 1.88. The number of alkyl halides is 2. The van der Waals surface area contributed by atoms with Gasteiger partial charge in [0.15, 0.2) is 0 Å². The lowest BCUT2D eigenvalue weighted by atomic mass is 10.2. The maximum Gasteiger partial charge on any atom is 0.319 e. The van der Waals surface area contributed by atoms with Gasteiger partial charge in [0, 0.05) is 18.9 Å². The minimum Gasteiger partial charge on any atom is -0.364 e. The Labute approximate surface area is 125 Å². The molecule has 2 aromatic heterocycles. The molecule has 0 bridgehead atoms. The molecule has 2 heterocycles. The van der Waals surface area contributed by atoms with Crippen LogP contribution in [-0.2, 0) is 6.54 Å². The fraction of sp³-hybridized carbons (Fsp3) is 0.462. The van der Waals surface area contributed by atoms with Crippen molar-refractivity contribution in [1.82, 2.24) is 25.3 Å². The van der Waals surface area contributed by atoms with Crippen molar-refractivity contribution in [3.63, 3.8) is 0 Å². The molecule has 0 radical (unpaired) electrons. The second-order valence-electron chi connectivity index (χ2n) is 4.63. The molecule has 0 saturated heterocycles. The van der Waals surface area contributed by atoms with Crippen LogP contribution in [0, 0.1) is 6.92 Å². The van der Waals surface area contributed by atoms with Gasteiger partial charge in [0.25, 0.3) is 5.91 Å². The lowest BCUT2D eigenvalue weighted by Crippen LogP contribution is -2.27. The molecule has 9 heteroatoms. The molecule has 0 aliphatic heterocycles. The summed E-state index contributed by atoms with van der Waals surface area (Å²) in [7, 11) is 0. The molecule has 120 valence electrons. The lowest BCUT2D eigenvalue weighted by molar-refractivity contribution is 0.0666. The van der Waals surface area contributed by atoms with Crippen molar-refractivity contribution in [1.29, 1.82) is 0 Å². The smallest absolute Gasteiger partial charge is 0.319 e. The fourth-order valence-corrected chi connectivity index (χ4v) is 1.88. The van der Waals surface area contributed by atoms with E-state index in [9.17, 15) is 13.6 Å². The van der Waals surface area contributed by atoms with Gasteiger partial charge >= 0.3 is 6.55 Å². The van der Waals surface area contributed by atoms with Gasteiger partial charge in [-0.3, -0.25) is 9.36 Å². The summed E-state index contributed by atoms with van der Waals surface area (Å²) in [6, 6.07) is 0. The minimum atomic E-state index is -2.59. The Hall–Kier alpha value is -2.29. The second kappa shape index (κ2) is 7.64. The lowest BCUT2D eigenvalue weighted by Gasteiger charge is -2.08. The minimum absolute atomic E-state index is 0.244. The molecule has 0 aliphatic rings. The molecular formula is C13H17F2N5O2. The summed E-state index contributed by atoms with van der Waals surface area (Å²) in [6.07, 6.45) is 4.53. The van der Waals surface area contributed by atoms with E-state index >= 15 is 0 Å². The summed E-state index contributed by atoms with van der Waals surface area (Å²) in [5.74, 6) is 0.0334. The van der Waals surface area contributed by atoms with Crippen LogP contribution in [0.25, 0.3) is 0 Å². The van der Waals surface area contributed by atoms with E-state index in [1.165, 1.54) is 18.7 Å². The highest BCUT2D eigenvalue weighted by Crippen LogP contribution is 2.11. The van der Waals surface area contributed by atoms with E-state index < -0.39 is 6.55 Å². The number of aromatic nitrogens is 3. The molecule has 0 saturated carbocycles. The molecule has 2 N–H and O–H groups in total. The standard InChI is InChI=1S/C13H17F2N5O2/c1-9-10(8-22-19-9)12(21)18-4-2-3-16-7-11-17-5-6-20(11)13(14)15/h5-6,8,13,16H,2-4,7H2,1H3,(H,18,21). The topological polar surface area (TPSA) is 85.0 Å². The third-order valence-electron chi connectivity index (χ3n) is 3.05. The molecule has 0 atom stereocenters. The molecule has 0 aromatic carbocycles. The van der Waals surface area contributed by atoms with E-state index in [4.69, 9.17) is 0 Å². The molecule has 22 heavy (non-hydrogen) atoms. The van der Waals surface area contributed by atoms with Crippen LogP contribution in [-0.4, -0.2) is 33.7 Å². The predicted octanol–water partition coefficient (Wildman–Crippen LogP) is 1.48. The van der Waals surface area contributed by atoms with Crippen molar-refractivity contribution in [2.75, 3.05) is 13.1 Å². The van der Waals surface area contributed by atoms with Crippen LogP contribution in [0.5, 0.6) is 0 Å². The number of nitrogens with zero attached hydrogens (tertiary/aromatic N) is 3. The zero-order valence-electron chi connectivity index (χ0n) is 12.1. The van der Waals surface area contributed by atoms with Crippen molar-refractivity contribution in [2.24, 2.45) is 0 Å². The normalized spacial score (nSPS) is 11.1. The summed E-state index contributed by atoms with van der Waals surface area (Å²) in [5.41, 5.74) is 0.946. The number of carbonyl (C=O) groups is 1. The average molecular weight is 313 g/mol. The van der Waals surface area contributed by atoms with Gasteiger partial charge in [0.2, 0.25) is 0 Å². The maximum atomic E-state index is 12.6. The molecule has 0 spiro atoms. The van der Waals surface area contributed by atoms with Crippen molar-refractivity contribution in [2.45, 2.75) is 26.4 Å². The third-order valence-corrected chi connectivity index (χ3v) is 3.05. The molecule has 0 fully saturated rings. The van der Waals surface area contributed by atoms with Crippen LogP contribution in [0.15, 0.2) is 23.2 Å². The van der Waals surface area contributed by atoms with Crippen LogP contribution in [0.1, 0.15) is 34.8 Å². The van der Waals surface area contributed by atoms with E-state index in [0.717, 1.165) is 4.57 Å². The van der Waals surface area contributed by atoms with Crippen LogP contribution >= 0.6 is 0 Å². The highest BCUT2D eigenvalue weighted by atomic mass is 19.3. The quantitative estimate of drug-likeness (QED) is 0.721. The number of carbonyl (C=O) groups excluding carboxylic acids is 1. The van der Waals surface area contributed by atoms with Gasteiger partial charge in [-0.25, -0.2) is 4.98 Å². The van der Waals surface area contributed by atoms with Gasteiger partial charge in [0.1, 0.15) is 17.7 Å². The maximum absolute atomic E-state index is 12.6. The predicted molar refractivity (Wildman–Crippen MR) is 73.4 cm³/mol. The summed E-state index contributed by atoms with van der Waals surface area (Å²) in [4.78, 5) is 15.6. The SMILES string of the molecule is Cc1nocc1C(=O)NCCCNCc1nccn1C(F)F. The van der Waals surface area contributed by atoms with Crippen LogP contribution in [0.4, 0.5) is 8.78 Å². The Bertz CT molecular complexity index is 611. The summed E-state index contributed by atoms with van der Waals surface area (Å²) >= 11 is 0. The first-order valence-corrected chi connectivity index (χ1v) is 6.79. The van der Waals surface area contributed by atoms with Crippen LogP contribution < -0.4 is 10.6 Å². The molecule has 2 aromatic rings. The van der Waals surface area contributed by atoms with Crippen molar-refractivity contribution in [3.8, 4) is 0 Å². The van der Waals surface area contributed by atoms with Gasteiger partial charge in [-0.05, 0) is 19.9 Å². The summed E-state index contributed by atoms with van der Waals surface area (Å²) < 4.78 is 30.7. The molecule has 7 nitrogen and oxygen atoms in total. The van der Waals surface area contributed by atoms with Crippen LogP contribution in [0.2, 0.25) is 0 Å². The number of amides is 1. The molecule has 1 amide bonds. The van der Waals surface area contributed by atoms with E-state index in [2.05, 4.69) is 25.3 Å². The Morgan fingerprint density at radius 1 is 1.45 bits per heavy atom. The number of hydrogen-bond acceptors (Lipinski definition) is 5. The Balaban J connectivity index is 1.63.